The first kappa shape index (κ1) is 13.7. The number of nitrogens with one attached hydrogen (secondary N) is 1. The van der Waals surface area contributed by atoms with E-state index in [4.69, 9.17) is 0 Å². The largest absolute Gasteiger partial charge is 0.326 e. The molecule has 0 aliphatic carbocycles. The summed E-state index contributed by atoms with van der Waals surface area (Å²) in [6.45, 7) is 2.02. The van der Waals surface area contributed by atoms with Gasteiger partial charge in [0.2, 0.25) is 5.91 Å². The molecule has 0 fully saturated rings. The average molecular weight is 271 g/mol. The van der Waals surface area contributed by atoms with Crippen molar-refractivity contribution in [3.05, 3.63) is 59.7 Å². The summed E-state index contributed by atoms with van der Waals surface area (Å²) in [5, 5.41) is 2.94. The van der Waals surface area contributed by atoms with Crippen LogP contribution in [0.5, 0.6) is 0 Å². The van der Waals surface area contributed by atoms with Gasteiger partial charge in [-0.3, -0.25) is 4.79 Å². The Balaban J connectivity index is 2.03. The number of amides is 1. The van der Waals surface area contributed by atoms with Gasteiger partial charge in [-0.15, -0.1) is 11.8 Å². The number of rotatable bonds is 4. The molecule has 0 atom stereocenters. The van der Waals surface area contributed by atoms with E-state index in [1.807, 2.05) is 61.7 Å². The fourth-order valence-corrected chi connectivity index (χ4v) is 2.35. The molecule has 0 saturated carbocycles. The molecule has 1 N–H and O–H groups in total. The van der Waals surface area contributed by atoms with Crippen molar-refractivity contribution in [3.8, 4) is 0 Å². The average Bonchev–Trinajstić information content (AvgIpc) is 2.41. The molecule has 19 heavy (non-hydrogen) atoms. The molecule has 0 aliphatic rings. The van der Waals surface area contributed by atoms with Crippen LogP contribution in [0.4, 0.5) is 5.69 Å². The maximum atomic E-state index is 12.0. The minimum atomic E-state index is 0.0209. The molecular formula is C16H17NOS. The maximum Gasteiger partial charge on any atom is 0.228 e. The Morgan fingerprint density at radius 3 is 2.68 bits per heavy atom. The lowest BCUT2D eigenvalue weighted by molar-refractivity contribution is -0.115. The molecule has 2 aromatic carbocycles. The molecule has 0 heterocycles. The first-order chi connectivity index (χ1) is 9.19. The third-order valence-corrected chi connectivity index (χ3v) is 3.69. The van der Waals surface area contributed by atoms with E-state index in [9.17, 15) is 4.79 Å². The van der Waals surface area contributed by atoms with Gasteiger partial charge in [-0.1, -0.05) is 30.3 Å². The fraction of sp³-hybridized carbons (Fsp3) is 0.188. The summed E-state index contributed by atoms with van der Waals surface area (Å²) in [4.78, 5) is 13.2. The van der Waals surface area contributed by atoms with Gasteiger partial charge in [0.05, 0.1) is 6.42 Å². The van der Waals surface area contributed by atoms with E-state index in [0.29, 0.717) is 6.42 Å². The lowest BCUT2D eigenvalue weighted by Crippen LogP contribution is -2.14. The highest BCUT2D eigenvalue weighted by Crippen LogP contribution is 2.19. The second-order valence-electron chi connectivity index (χ2n) is 4.38. The van der Waals surface area contributed by atoms with Crippen molar-refractivity contribution >= 4 is 23.4 Å². The number of carbonyl (C=O) groups excluding carboxylic acids is 1. The number of aryl methyl sites for hydroxylation is 1. The van der Waals surface area contributed by atoms with Gasteiger partial charge in [-0.25, -0.2) is 0 Å². The van der Waals surface area contributed by atoms with Crippen LogP contribution in [0, 0.1) is 6.92 Å². The van der Waals surface area contributed by atoms with Crippen LogP contribution in [0.15, 0.2) is 53.4 Å². The highest BCUT2D eigenvalue weighted by molar-refractivity contribution is 7.98. The zero-order valence-corrected chi connectivity index (χ0v) is 12.0. The van der Waals surface area contributed by atoms with Gasteiger partial charge in [0.25, 0.3) is 0 Å². The summed E-state index contributed by atoms with van der Waals surface area (Å²) in [5.41, 5.74) is 3.07. The van der Waals surface area contributed by atoms with E-state index in [2.05, 4.69) is 5.32 Å². The zero-order chi connectivity index (χ0) is 13.7. The summed E-state index contributed by atoms with van der Waals surface area (Å²) in [6, 6.07) is 15.8. The maximum absolute atomic E-state index is 12.0. The standard InChI is InChI=1S/C16H17NOS/c1-12-6-3-4-7-13(12)10-16(18)17-14-8-5-9-15(11-14)19-2/h3-9,11H,10H2,1-2H3,(H,17,18). The van der Waals surface area contributed by atoms with Crippen LogP contribution in [0.25, 0.3) is 0 Å². The summed E-state index contributed by atoms with van der Waals surface area (Å²) < 4.78 is 0. The van der Waals surface area contributed by atoms with Crippen LogP contribution in [0.2, 0.25) is 0 Å². The Labute approximate surface area is 118 Å². The van der Waals surface area contributed by atoms with Gasteiger partial charge in [-0.2, -0.15) is 0 Å². The molecule has 0 saturated heterocycles. The van der Waals surface area contributed by atoms with Crippen LogP contribution in [-0.2, 0) is 11.2 Å². The lowest BCUT2D eigenvalue weighted by Gasteiger charge is -2.08. The second kappa shape index (κ2) is 6.43. The number of benzene rings is 2. The predicted molar refractivity (Wildman–Crippen MR) is 81.7 cm³/mol. The molecule has 2 rings (SSSR count). The van der Waals surface area contributed by atoms with Crippen molar-refractivity contribution in [1.82, 2.24) is 0 Å². The van der Waals surface area contributed by atoms with E-state index in [-0.39, 0.29) is 5.91 Å². The quantitative estimate of drug-likeness (QED) is 0.855. The molecule has 0 radical (unpaired) electrons. The van der Waals surface area contributed by atoms with E-state index in [0.717, 1.165) is 21.7 Å². The van der Waals surface area contributed by atoms with Crippen molar-refractivity contribution in [2.75, 3.05) is 11.6 Å². The normalized spacial score (nSPS) is 10.2. The van der Waals surface area contributed by atoms with Crippen molar-refractivity contribution in [2.24, 2.45) is 0 Å². The van der Waals surface area contributed by atoms with Gasteiger partial charge in [0, 0.05) is 10.6 Å². The second-order valence-corrected chi connectivity index (χ2v) is 5.26. The monoisotopic (exact) mass is 271 g/mol. The van der Waals surface area contributed by atoms with Crippen LogP contribution < -0.4 is 5.32 Å². The van der Waals surface area contributed by atoms with Crippen molar-refractivity contribution in [3.63, 3.8) is 0 Å². The van der Waals surface area contributed by atoms with Gasteiger partial charge < -0.3 is 5.32 Å². The van der Waals surface area contributed by atoms with Gasteiger partial charge in [-0.05, 0) is 42.5 Å². The molecule has 0 unspecified atom stereocenters. The number of thioether (sulfide) groups is 1. The van der Waals surface area contributed by atoms with Gasteiger partial charge in [0.15, 0.2) is 0 Å². The Bertz CT molecular complexity index is 580. The van der Waals surface area contributed by atoms with Crippen LogP contribution in [0.1, 0.15) is 11.1 Å². The molecule has 0 aromatic heterocycles. The molecule has 2 aromatic rings. The van der Waals surface area contributed by atoms with E-state index >= 15 is 0 Å². The highest BCUT2D eigenvalue weighted by Gasteiger charge is 2.06. The molecular weight excluding hydrogens is 254 g/mol. The van der Waals surface area contributed by atoms with Crippen molar-refractivity contribution < 1.29 is 4.79 Å². The van der Waals surface area contributed by atoms with Gasteiger partial charge >= 0.3 is 0 Å². The molecule has 0 spiro atoms. The Hall–Kier alpha value is -1.74. The highest BCUT2D eigenvalue weighted by atomic mass is 32.2. The number of anilines is 1. The molecule has 2 nitrogen and oxygen atoms in total. The predicted octanol–water partition coefficient (Wildman–Crippen LogP) is 3.90. The van der Waals surface area contributed by atoms with Crippen molar-refractivity contribution in [1.29, 1.82) is 0 Å². The molecule has 0 bridgehead atoms. The van der Waals surface area contributed by atoms with E-state index in [1.54, 1.807) is 11.8 Å². The molecule has 1 amide bonds. The number of hydrogen-bond acceptors (Lipinski definition) is 2. The van der Waals surface area contributed by atoms with Crippen LogP contribution >= 0.6 is 11.8 Å². The molecule has 0 aliphatic heterocycles. The first-order valence-corrected chi connectivity index (χ1v) is 7.40. The Morgan fingerprint density at radius 1 is 1.16 bits per heavy atom. The van der Waals surface area contributed by atoms with E-state index in [1.165, 1.54) is 0 Å². The van der Waals surface area contributed by atoms with Gasteiger partial charge in [0.1, 0.15) is 0 Å². The first-order valence-electron chi connectivity index (χ1n) is 6.17. The fourth-order valence-electron chi connectivity index (χ4n) is 1.89. The smallest absolute Gasteiger partial charge is 0.228 e. The summed E-state index contributed by atoms with van der Waals surface area (Å²) in [5.74, 6) is 0.0209. The molecule has 3 heteroatoms. The third-order valence-electron chi connectivity index (χ3n) is 2.97. The molecule has 98 valence electrons. The lowest BCUT2D eigenvalue weighted by atomic mass is 10.1. The minimum absolute atomic E-state index is 0.0209. The Kier molecular flexibility index (Phi) is 4.63. The number of hydrogen-bond donors (Lipinski definition) is 1. The van der Waals surface area contributed by atoms with Crippen molar-refractivity contribution in [2.45, 2.75) is 18.2 Å². The summed E-state index contributed by atoms with van der Waals surface area (Å²) in [7, 11) is 0. The summed E-state index contributed by atoms with van der Waals surface area (Å²) in [6.07, 6.45) is 2.43. The summed E-state index contributed by atoms with van der Waals surface area (Å²) >= 11 is 1.67. The zero-order valence-electron chi connectivity index (χ0n) is 11.1. The van der Waals surface area contributed by atoms with E-state index < -0.39 is 0 Å². The SMILES string of the molecule is CSc1cccc(NC(=O)Cc2ccccc2C)c1. The topological polar surface area (TPSA) is 29.1 Å². The minimum Gasteiger partial charge on any atom is -0.326 e. The van der Waals surface area contributed by atoms with Crippen LogP contribution in [0.3, 0.4) is 0 Å². The number of carbonyl (C=O) groups is 1. The third kappa shape index (κ3) is 3.86. The Morgan fingerprint density at radius 2 is 1.95 bits per heavy atom. The van der Waals surface area contributed by atoms with Crippen LogP contribution in [-0.4, -0.2) is 12.2 Å².